The van der Waals surface area contributed by atoms with Gasteiger partial charge in [0.2, 0.25) is 0 Å². The first kappa shape index (κ1) is 19.6. The maximum absolute atomic E-state index is 6.47. The second-order valence-electron chi connectivity index (χ2n) is 9.26. The summed E-state index contributed by atoms with van der Waals surface area (Å²) in [5.41, 5.74) is 5.51. The fourth-order valence-electron chi connectivity index (χ4n) is 5.40. The van der Waals surface area contributed by atoms with E-state index in [0.29, 0.717) is 0 Å². The molecule has 6 heteroatoms. The van der Waals surface area contributed by atoms with Gasteiger partial charge >= 0.3 is 0 Å². The number of rotatable bonds is 3. The van der Waals surface area contributed by atoms with Crippen LogP contribution in [-0.4, -0.2) is 37.5 Å². The molecular formula is C26H26N4O2. The average Bonchev–Trinajstić information content (AvgIpc) is 3.46. The molecule has 6 rings (SSSR count). The molecule has 2 aliphatic rings. The van der Waals surface area contributed by atoms with Gasteiger partial charge in [-0.25, -0.2) is 9.97 Å². The SMILES string of the molecule is Cc1ncnc2c1ccn2[C@@H]1C[C@H](c2cccc(-c3cccnc3)c2)[C@H]2OC(C)(C)O[C@H]21. The van der Waals surface area contributed by atoms with Gasteiger partial charge < -0.3 is 14.0 Å². The van der Waals surface area contributed by atoms with Crippen LogP contribution in [0.15, 0.2) is 67.4 Å². The maximum Gasteiger partial charge on any atom is 0.163 e. The van der Waals surface area contributed by atoms with Crippen molar-refractivity contribution in [3.8, 4) is 11.1 Å². The van der Waals surface area contributed by atoms with Crippen molar-refractivity contribution in [2.45, 2.75) is 57.1 Å². The van der Waals surface area contributed by atoms with Crippen molar-refractivity contribution in [1.82, 2.24) is 19.5 Å². The molecule has 1 aliphatic carbocycles. The summed E-state index contributed by atoms with van der Waals surface area (Å²) in [6, 6.07) is 15.1. The second kappa shape index (κ2) is 7.22. The monoisotopic (exact) mass is 426 g/mol. The molecule has 32 heavy (non-hydrogen) atoms. The molecule has 2 fully saturated rings. The van der Waals surface area contributed by atoms with Crippen LogP contribution in [0.3, 0.4) is 0 Å². The predicted octanol–water partition coefficient (Wildman–Crippen LogP) is 5.05. The molecule has 4 atom stereocenters. The van der Waals surface area contributed by atoms with Crippen molar-refractivity contribution in [2.24, 2.45) is 0 Å². The van der Waals surface area contributed by atoms with Crippen LogP contribution in [0.1, 0.15) is 43.5 Å². The number of aromatic nitrogens is 4. The lowest BCUT2D eigenvalue weighted by molar-refractivity contribution is -0.157. The third kappa shape index (κ3) is 3.14. The van der Waals surface area contributed by atoms with E-state index in [1.807, 2.05) is 33.0 Å². The van der Waals surface area contributed by atoms with Gasteiger partial charge in [0.15, 0.2) is 5.79 Å². The van der Waals surface area contributed by atoms with E-state index in [9.17, 15) is 0 Å². The molecule has 1 aliphatic heterocycles. The first-order valence-electron chi connectivity index (χ1n) is 11.1. The minimum Gasteiger partial charge on any atom is -0.344 e. The first-order chi connectivity index (χ1) is 15.5. The lowest BCUT2D eigenvalue weighted by Gasteiger charge is -2.25. The number of benzene rings is 1. The summed E-state index contributed by atoms with van der Waals surface area (Å²) in [5.74, 6) is -0.384. The Morgan fingerprint density at radius 3 is 2.69 bits per heavy atom. The highest BCUT2D eigenvalue weighted by molar-refractivity contribution is 5.78. The highest BCUT2D eigenvalue weighted by Gasteiger charge is 2.55. The Hall–Kier alpha value is -3.09. The summed E-state index contributed by atoms with van der Waals surface area (Å²) in [4.78, 5) is 13.2. The summed E-state index contributed by atoms with van der Waals surface area (Å²) in [6.07, 6.45) is 8.35. The fraction of sp³-hybridized carbons (Fsp3) is 0.346. The van der Waals surface area contributed by atoms with Gasteiger partial charge in [-0.2, -0.15) is 0 Å². The van der Waals surface area contributed by atoms with Crippen molar-refractivity contribution in [2.75, 3.05) is 0 Å². The third-order valence-electron chi connectivity index (χ3n) is 6.81. The molecule has 0 radical (unpaired) electrons. The quantitative estimate of drug-likeness (QED) is 0.459. The molecule has 0 N–H and O–H groups in total. The summed E-state index contributed by atoms with van der Waals surface area (Å²) in [5, 5.41) is 1.09. The lowest BCUT2D eigenvalue weighted by Crippen LogP contribution is -2.27. The molecule has 1 saturated carbocycles. The van der Waals surface area contributed by atoms with E-state index in [4.69, 9.17) is 9.47 Å². The van der Waals surface area contributed by atoms with Gasteiger partial charge in [0.1, 0.15) is 18.1 Å². The van der Waals surface area contributed by atoms with Crippen LogP contribution in [0.4, 0.5) is 0 Å². The number of hydrogen-bond donors (Lipinski definition) is 0. The number of fused-ring (bicyclic) bond motifs is 2. The largest absolute Gasteiger partial charge is 0.344 e. The van der Waals surface area contributed by atoms with Crippen LogP contribution < -0.4 is 0 Å². The van der Waals surface area contributed by atoms with Gasteiger partial charge in [-0.3, -0.25) is 4.98 Å². The Bertz CT molecular complexity index is 1280. The molecule has 6 nitrogen and oxygen atoms in total. The summed E-state index contributed by atoms with van der Waals surface area (Å²) >= 11 is 0. The van der Waals surface area contributed by atoms with Gasteiger partial charge in [-0.15, -0.1) is 0 Å². The van der Waals surface area contributed by atoms with E-state index in [1.165, 1.54) is 11.1 Å². The Morgan fingerprint density at radius 1 is 1.00 bits per heavy atom. The molecule has 1 saturated heterocycles. The van der Waals surface area contributed by atoms with Gasteiger partial charge in [0.25, 0.3) is 0 Å². The van der Waals surface area contributed by atoms with Gasteiger partial charge in [-0.1, -0.05) is 30.3 Å². The average molecular weight is 427 g/mol. The van der Waals surface area contributed by atoms with Crippen LogP contribution in [-0.2, 0) is 9.47 Å². The van der Waals surface area contributed by atoms with E-state index in [0.717, 1.165) is 28.7 Å². The highest BCUT2D eigenvalue weighted by atomic mass is 16.8. The zero-order chi connectivity index (χ0) is 21.9. The zero-order valence-electron chi connectivity index (χ0n) is 18.5. The van der Waals surface area contributed by atoms with Crippen molar-refractivity contribution in [1.29, 1.82) is 0 Å². The number of pyridine rings is 1. The Labute approximate surface area is 187 Å². The Morgan fingerprint density at radius 2 is 1.84 bits per heavy atom. The second-order valence-corrected chi connectivity index (χ2v) is 9.26. The van der Waals surface area contributed by atoms with E-state index in [-0.39, 0.29) is 24.2 Å². The molecule has 162 valence electrons. The highest BCUT2D eigenvalue weighted by Crippen LogP contribution is 2.51. The molecule has 1 aromatic carbocycles. The smallest absolute Gasteiger partial charge is 0.163 e. The number of nitrogens with zero attached hydrogens (tertiary/aromatic N) is 4. The van der Waals surface area contributed by atoms with Crippen LogP contribution in [0.5, 0.6) is 0 Å². The summed E-state index contributed by atoms with van der Waals surface area (Å²) in [6.45, 7) is 6.04. The number of ether oxygens (including phenoxy) is 2. The Balaban J connectivity index is 1.41. The Kier molecular flexibility index (Phi) is 4.42. The van der Waals surface area contributed by atoms with Gasteiger partial charge in [0.05, 0.1) is 17.8 Å². The van der Waals surface area contributed by atoms with Crippen LogP contribution in [0, 0.1) is 6.92 Å². The van der Waals surface area contributed by atoms with Gasteiger partial charge in [-0.05, 0) is 56.0 Å². The van der Waals surface area contributed by atoms with Crippen molar-refractivity contribution >= 4 is 11.0 Å². The van der Waals surface area contributed by atoms with Gasteiger partial charge in [0, 0.05) is 29.9 Å². The van der Waals surface area contributed by atoms with Crippen LogP contribution in [0.2, 0.25) is 0 Å². The predicted molar refractivity (Wildman–Crippen MR) is 122 cm³/mol. The summed E-state index contributed by atoms with van der Waals surface area (Å²) in [7, 11) is 0. The van der Waals surface area contributed by atoms with E-state index in [2.05, 4.69) is 62.1 Å². The molecule has 0 unspecified atom stereocenters. The summed E-state index contributed by atoms with van der Waals surface area (Å²) < 4.78 is 15.2. The van der Waals surface area contributed by atoms with Crippen LogP contribution >= 0.6 is 0 Å². The molecule has 0 amide bonds. The number of aryl methyl sites for hydroxylation is 1. The molecule has 4 aromatic rings. The van der Waals surface area contributed by atoms with Crippen LogP contribution in [0.25, 0.3) is 22.2 Å². The molecular weight excluding hydrogens is 400 g/mol. The van der Waals surface area contributed by atoms with E-state index in [1.54, 1.807) is 12.5 Å². The fourth-order valence-corrected chi connectivity index (χ4v) is 5.40. The molecule has 3 aromatic heterocycles. The number of hydrogen-bond acceptors (Lipinski definition) is 5. The topological polar surface area (TPSA) is 62.1 Å². The minimum absolute atomic E-state index is 0.0143. The molecule has 4 heterocycles. The zero-order valence-corrected chi connectivity index (χ0v) is 18.5. The first-order valence-corrected chi connectivity index (χ1v) is 11.1. The molecule has 0 spiro atoms. The van der Waals surface area contributed by atoms with E-state index >= 15 is 0 Å². The normalized spacial score (nSPS) is 26.5. The standard InChI is InChI=1S/C26H26N4O2/c1-16-20-9-11-30(25(20)29-15-28-16)22-13-21(23-24(22)32-26(2,3)31-23)18-7-4-6-17(12-18)19-8-5-10-27-14-19/h4-12,14-15,21-24H,13H2,1-3H3/t21-,22-,23-,24+/m1/s1. The maximum atomic E-state index is 6.47. The minimum atomic E-state index is -0.610. The molecule has 0 bridgehead atoms. The van der Waals surface area contributed by atoms with Crippen molar-refractivity contribution < 1.29 is 9.47 Å². The lowest BCUT2D eigenvalue weighted by atomic mass is 9.92. The third-order valence-corrected chi connectivity index (χ3v) is 6.81. The van der Waals surface area contributed by atoms with E-state index < -0.39 is 5.79 Å². The van der Waals surface area contributed by atoms with Crippen molar-refractivity contribution in [3.63, 3.8) is 0 Å². The van der Waals surface area contributed by atoms with Crippen molar-refractivity contribution in [3.05, 3.63) is 78.6 Å².